The number of hydrogen-bond acceptors (Lipinski definition) is 6. The van der Waals surface area contributed by atoms with Crippen LogP contribution in [-0.4, -0.2) is 29.3 Å². The fourth-order valence-corrected chi connectivity index (χ4v) is 4.57. The van der Waals surface area contributed by atoms with Crippen molar-refractivity contribution in [1.29, 1.82) is 0 Å². The first-order valence-corrected chi connectivity index (χ1v) is 11.8. The number of benzene rings is 2. The van der Waals surface area contributed by atoms with E-state index in [1.807, 2.05) is 24.3 Å². The lowest BCUT2D eigenvalue weighted by atomic mass is 10.1. The smallest absolute Gasteiger partial charge is 0.338 e. The number of aromatic nitrogens is 1. The molecule has 1 aromatic heterocycles. The van der Waals surface area contributed by atoms with E-state index in [1.54, 1.807) is 39.4 Å². The van der Waals surface area contributed by atoms with Crippen LogP contribution in [0.1, 0.15) is 48.3 Å². The van der Waals surface area contributed by atoms with E-state index in [0.29, 0.717) is 29.4 Å². The van der Waals surface area contributed by atoms with Gasteiger partial charge >= 0.3 is 5.97 Å². The van der Waals surface area contributed by atoms with Gasteiger partial charge in [0.15, 0.2) is 5.13 Å². The second-order valence-electron chi connectivity index (χ2n) is 7.77. The summed E-state index contributed by atoms with van der Waals surface area (Å²) in [5.74, 6) is -0.512. The molecule has 4 rings (SSSR count). The van der Waals surface area contributed by atoms with Gasteiger partial charge < -0.3 is 9.64 Å². The van der Waals surface area contributed by atoms with Crippen LogP contribution in [0, 0.1) is 0 Å². The molecule has 1 saturated heterocycles. The van der Waals surface area contributed by atoms with E-state index in [9.17, 15) is 14.4 Å². The van der Waals surface area contributed by atoms with Gasteiger partial charge in [-0.05, 0) is 54.8 Å². The lowest BCUT2D eigenvalue weighted by Gasteiger charge is -2.18. The fourth-order valence-electron chi connectivity index (χ4n) is 3.69. The van der Waals surface area contributed by atoms with Crippen LogP contribution in [0.5, 0.6) is 0 Å². The summed E-state index contributed by atoms with van der Waals surface area (Å²) in [6.07, 6.45) is 2.33. The van der Waals surface area contributed by atoms with Crippen molar-refractivity contribution in [3.05, 3.63) is 70.7 Å². The minimum Gasteiger partial charge on any atom is -0.456 e. The lowest BCUT2D eigenvalue weighted by Crippen LogP contribution is -2.23. The molecule has 8 heteroatoms. The largest absolute Gasteiger partial charge is 0.456 e. The Bertz CT molecular complexity index is 1160. The number of hydrogen-bond donors (Lipinski definition) is 0. The second kappa shape index (κ2) is 9.95. The van der Waals surface area contributed by atoms with Crippen molar-refractivity contribution in [2.45, 2.75) is 39.7 Å². The second-order valence-corrected chi connectivity index (χ2v) is 8.60. The first kappa shape index (κ1) is 22.7. The van der Waals surface area contributed by atoms with Gasteiger partial charge in [-0.1, -0.05) is 19.1 Å². The minimum atomic E-state index is -0.470. The SMILES string of the molecule is CCc1ccc(N(C(C)=O)c2nc(COC(=O)c3ccc(N4CCCC4=O)cc3)cs2)cc1. The summed E-state index contributed by atoms with van der Waals surface area (Å²) in [6.45, 7) is 4.28. The van der Waals surface area contributed by atoms with Gasteiger partial charge in [0.25, 0.3) is 0 Å². The Morgan fingerprint density at radius 3 is 2.45 bits per heavy atom. The zero-order valence-electron chi connectivity index (χ0n) is 18.6. The summed E-state index contributed by atoms with van der Waals surface area (Å²) in [7, 11) is 0. The molecule has 3 aromatic rings. The van der Waals surface area contributed by atoms with Gasteiger partial charge in [-0.3, -0.25) is 14.5 Å². The quantitative estimate of drug-likeness (QED) is 0.467. The molecule has 2 aromatic carbocycles. The Labute approximate surface area is 196 Å². The number of esters is 1. The van der Waals surface area contributed by atoms with Crippen LogP contribution in [-0.2, 0) is 27.4 Å². The van der Waals surface area contributed by atoms with Gasteiger partial charge in [0.05, 0.1) is 16.9 Å². The van der Waals surface area contributed by atoms with Crippen LogP contribution >= 0.6 is 11.3 Å². The third-order valence-corrected chi connectivity index (χ3v) is 6.36. The summed E-state index contributed by atoms with van der Waals surface area (Å²) in [6, 6.07) is 14.6. The van der Waals surface area contributed by atoms with E-state index in [4.69, 9.17) is 4.74 Å². The molecule has 170 valence electrons. The molecule has 0 N–H and O–H groups in total. The standard InChI is InChI=1S/C25H25N3O4S/c1-3-18-6-10-22(11-7-18)28(17(2)29)25-26-20(16-33-25)15-32-24(31)19-8-12-21(13-9-19)27-14-4-5-23(27)30/h6-13,16H,3-5,14-15H2,1-2H3. The molecule has 0 atom stereocenters. The summed E-state index contributed by atoms with van der Waals surface area (Å²) < 4.78 is 5.41. The van der Waals surface area contributed by atoms with Crippen molar-refractivity contribution in [3.8, 4) is 0 Å². The zero-order valence-corrected chi connectivity index (χ0v) is 19.4. The maximum atomic E-state index is 12.5. The van der Waals surface area contributed by atoms with E-state index in [0.717, 1.165) is 24.2 Å². The van der Waals surface area contributed by atoms with Crippen molar-refractivity contribution < 1.29 is 19.1 Å². The van der Waals surface area contributed by atoms with Crippen molar-refractivity contribution in [3.63, 3.8) is 0 Å². The summed E-state index contributed by atoms with van der Waals surface area (Å²) in [5.41, 5.74) is 3.69. The molecule has 1 fully saturated rings. The van der Waals surface area contributed by atoms with E-state index < -0.39 is 5.97 Å². The van der Waals surface area contributed by atoms with Crippen molar-refractivity contribution >= 4 is 45.6 Å². The topological polar surface area (TPSA) is 79.8 Å². The molecular weight excluding hydrogens is 438 g/mol. The van der Waals surface area contributed by atoms with E-state index in [-0.39, 0.29) is 18.4 Å². The average Bonchev–Trinajstić information content (AvgIpc) is 3.47. The Kier molecular flexibility index (Phi) is 6.84. The molecule has 33 heavy (non-hydrogen) atoms. The van der Waals surface area contributed by atoms with Crippen LogP contribution in [0.15, 0.2) is 53.9 Å². The Balaban J connectivity index is 1.40. The van der Waals surface area contributed by atoms with E-state index >= 15 is 0 Å². The Morgan fingerprint density at radius 2 is 1.85 bits per heavy atom. The molecule has 0 saturated carbocycles. The van der Waals surface area contributed by atoms with Crippen molar-refractivity contribution in [2.75, 3.05) is 16.3 Å². The molecule has 1 aliphatic heterocycles. The molecular formula is C25H25N3O4S. The molecule has 2 heterocycles. The maximum absolute atomic E-state index is 12.5. The van der Waals surface area contributed by atoms with Gasteiger partial charge in [-0.2, -0.15) is 0 Å². The molecule has 0 bridgehead atoms. The number of rotatable bonds is 7. The highest BCUT2D eigenvalue weighted by molar-refractivity contribution is 7.14. The monoisotopic (exact) mass is 463 g/mol. The number of nitrogens with zero attached hydrogens (tertiary/aromatic N) is 3. The summed E-state index contributed by atoms with van der Waals surface area (Å²) >= 11 is 1.32. The number of ether oxygens (including phenoxy) is 1. The first-order valence-electron chi connectivity index (χ1n) is 10.9. The number of amides is 2. The van der Waals surface area contributed by atoms with Crippen molar-refractivity contribution in [1.82, 2.24) is 4.98 Å². The molecule has 1 aliphatic rings. The predicted molar refractivity (Wildman–Crippen MR) is 128 cm³/mol. The third kappa shape index (κ3) is 5.12. The number of aryl methyl sites for hydroxylation is 1. The van der Waals surface area contributed by atoms with Gasteiger partial charge in [0.2, 0.25) is 11.8 Å². The number of carbonyl (C=O) groups is 3. The van der Waals surface area contributed by atoms with Crippen LogP contribution < -0.4 is 9.80 Å². The van der Waals surface area contributed by atoms with Crippen LogP contribution in [0.25, 0.3) is 0 Å². The highest BCUT2D eigenvalue weighted by Gasteiger charge is 2.22. The third-order valence-electron chi connectivity index (χ3n) is 5.49. The highest BCUT2D eigenvalue weighted by atomic mass is 32.1. The number of anilines is 3. The lowest BCUT2D eigenvalue weighted by molar-refractivity contribution is -0.117. The fraction of sp³-hybridized carbons (Fsp3) is 0.280. The molecule has 0 unspecified atom stereocenters. The van der Waals surface area contributed by atoms with Crippen LogP contribution in [0.3, 0.4) is 0 Å². The number of thiazole rings is 1. The number of carbonyl (C=O) groups excluding carboxylic acids is 3. The average molecular weight is 464 g/mol. The highest BCUT2D eigenvalue weighted by Crippen LogP contribution is 2.29. The Morgan fingerprint density at radius 1 is 1.12 bits per heavy atom. The van der Waals surface area contributed by atoms with Crippen LogP contribution in [0.2, 0.25) is 0 Å². The summed E-state index contributed by atoms with van der Waals surface area (Å²) in [4.78, 5) is 44.4. The van der Waals surface area contributed by atoms with Gasteiger partial charge in [-0.15, -0.1) is 11.3 Å². The van der Waals surface area contributed by atoms with E-state index in [2.05, 4.69) is 11.9 Å². The Hall–Kier alpha value is -3.52. The van der Waals surface area contributed by atoms with Crippen molar-refractivity contribution in [2.24, 2.45) is 0 Å². The summed E-state index contributed by atoms with van der Waals surface area (Å²) in [5, 5.41) is 2.30. The molecule has 0 aliphatic carbocycles. The van der Waals surface area contributed by atoms with Crippen LogP contribution in [0.4, 0.5) is 16.5 Å². The molecule has 0 radical (unpaired) electrons. The zero-order chi connectivity index (χ0) is 23.4. The molecule has 2 amide bonds. The molecule has 7 nitrogen and oxygen atoms in total. The molecule has 0 spiro atoms. The minimum absolute atomic E-state index is 0.00220. The normalized spacial score (nSPS) is 13.3. The van der Waals surface area contributed by atoms with Gasteiger partial charge in [0.1, 0.15) is 6.61 Å². The predicted octanol–water partition coefficient (Wildman–Crippen LogP) is 4.87. The van der Waals surface area contributed by atoms with E-state index in [1.165, 1.54) is 23.8 Å². The maximum Gasteiger partial charge on any atom is 0.338 e. The van der Waals surface area contributed by atoms with Gasteiger partial charge in [-0.25, -0.2) is 9.78 Å². The van der Waals surface area contributed by atoms with Gasteiger partial charge in [0, 0.05) is 31.0 Å². The first-order chi connectivity index (χ1) is 16.0.